The molecule has 2 aromatic carbocycles. The summed E-state index contributed by atoms with van der Waals surface area (Å²) in [5, 5.41) is 92.0. The van der Waals surface area contributed by atoms with Gasteiger partial charge in [0.05, 0.1) is 24.3 Å². The third-order valence-corrected chi connectivity index (χ3v) is 7.65. The van der Waals surface area contributed by atoms with E-state index in [9.17, 15) is 55.5 Å². The van der Waals surface area contributed by atoms with E-state index in [1.54, 1.807) is 6.92 Å². The molecule has 228 valence electrons. The minimum atomic E-state index is -1.88. The van der Waals surface area contributed by atoms with Gasteiger partial charge in [-0.25, -0.2) is 0 Å². The van der Waals surface area contributed by atoms with Crippen LogP contribution in [0.2, 0.25) is 0 Å². The molecule has 15 nitrogen and oxygen atoms in total. The number of rotatable bonds is 6. The monoisotopic (exact) mass is 594 g/mol. The van der Waals surface area contributed by atoms with Crippen LogP contribution < -0.4 is 4.74 Å². The first-order valence-electron chi connectivity index (χ1n) is 12.9. The molecule has 0 saturated carbocycles. The van der Waals surface area contributed by atoms with Gasteiger partial charge in [0.15, 0.2) is 29.4 Å². The maximum Gasteiger partial charge on any atom is 0.229 e. The molecule has 0 amide bonds. The van der Waals surface area contributed by atoms with Crippen molar-refractivity contribution in [1.82, 2.24) is 0 Å². The summed E-state index contributed by atoms with van der Waals surface area (Å²) < 4.78 is 21.7. The number of phenols is 2. The van der Waals surface area contributed by atoms with Gasteiger partial charge in [-0.15, -0.1) is 0 Å². The zero-order valence-corrected chi connectivity index (χ0v) is 22.0. The Hall–Kier alpha value is -3.22. The molecule has 0 bridgehead atoms. The molecule has 15 heteroatoms. The summed E-state index contributed by atoms with van der Waals surface area (Å²) in [6.45, 7) is 0.232. The van der Waals surface area contributed by atoms with Gasteiger partial charge >= 0.3 is 0 Å². The van der Waals surface area contributed by atoms with Crippen molar-refractivity contribution in [3.05, 3.63) is 52.1 Å². The summed E-state index contributed by atoms with van der Waals surface area (Å²) in [6, 6.07) is 5.07. The fourth-order valence-electron chi connectivity index (χ4n) is 5.14. The largest absolute Gasteiger partial charge is 0.507 e. The van der Waals surface area contributed by atoms with Crippen LogP contribution in [0.25, 0.3) is 0 Å². The molecule has 10 atom stereocenters. The number of phenolic OH excluding ortho intramolecular Hbond substituents is 2. The van der Waals surface area contributed by atoms with Crippen molar-refractivity contribution >= 4 is 11.6 Å². The highest BCUT2D eigenvalue weighted by molar-refractivity contribution is 6.30. The van der Waals surface area contributed by atoms with E-state index in [1.165, 1.54) is 18.2 Å². The summed E-state index contributed by atoms with van der Waals surface area (Å²) in [4.78, 5) is 26.3. The molecular formula is C27H30O15. The number of aliphatic hydroxyl groups is 7. The van der Waals surface area contributed by atoms with E-state index in [0.717, 1.165) is 6.07 Å². The van der Waals surface area contributed by atoms with Crippen LogP contribution in [0.4, 0.5) is 0 Å². The lowest BCUT2D eigenvalue weighted by Crippen LogP contribution is -2.62. The molecule has 0 aromatic heterocycles. The average molecular weight is 595 g/mol. The molecule has 1 aliphatic carbocycles. The van der Waals surface area contributed by atoms with E-state index >= 15 is 0 Å². The average Bonchev–Trinajstić information content (AvgIpc) is 2.97. The molecule has 5 rings (SSSR count). The molecule has 2 heterocycles. The molecule has 0 unspecified atom stereocenters. The molecular weight excluding hydrogens is 564 g/mol. The second kappa shape index (κ2) is 11.5. The fraction of sp³-hybridized carbons (Fsp3) is 0.481. The molecule has 2 aromatic rings. The number of aromatic hydroxyl groups is 2. The third kappa shape index (κ3) is 4.92. The summed E-state index contributed by atoms with van der Waals surface area (Å²) in [5.41, 5.74) is -0.588. The van der Waals surface area contributed by atoms with Crippen LogP contribution in [0.3, 0.4) is 0 Å². The Bertz CT molecular complexity index is 1380. The number of aryl methyl sites for hydroxylation is 1. The number of hydrogen-bond acceptors (Lipinski definition) is 15. The number of hydrogen-bond donors (Lipinski definition) is 9. The number of carbonyl (C=O) groups excluding carboxylic acids is 2. The summed E-state index contributed by atoms with van der Waals surface area (Å²) in [5.74, 6) is -3.04. The number of fused-ring (bicyclic) bond motifs is 2. The van der Waals surface area contributed by atoms with E-state index in [2.05, 4.69) is 0 Å². The predicted molar refractivity (Wildman–Crippen MR) is 135 cm³/mol. The number of carbonyl (C=O) groups is 2. The Morgan fingerprint density at radius 3 is 1.83 bits per heavy atom. The van der Waals surface area contributed by atoms with Crippen molar-refractivity contribution in [3.8, 4) is 17.2 Å². The van der Waals surface area contributed by atoms with Gasteiger partial charge in [0, 0.05) is 11.1 Å². The van der Waals surface area contributed by atoms with Gasteiger partial charge < -0.3 is 64.9 Å². The molecule has 2 fully saturated rings. The van der Waals surface area contributed by atoms with E-state index in [0.29, 0.717) is 5.56 Å². The van der Waals surface area contributed by atoms with Crippen LogP contribution in [0, 0.1) is 6.92 Å². The topological polar surface area (TPSA) is 253 Å². The minimum Gasteiger partial charge on any atom is -0.507 e. The van der Waals surface area contributed by atoms with Gasteiger partial charge in [0.25, 0.3) is 0 Å². The van der Waals surface area contributed by atoms with Crippen molar-refractivity contribution in [2.24, 2.45) is 0 Å². The Morgan fingerprint density at radius 1 is 0.690 bits per heavy atom. The second-order valence-electron chi connectivity index (χ2n) is 10.3. The van der Waals surface area contributed by atoms with E-state index in [-0.39, 0.29) is 22.4 Å². The quantitative estimate of drug-likeness (QED) is 0.140. The summed E-state index contributed by atoms with van der Waals surface area (Å²) >= 11 is 0. The van der Waals surface area contributed by atoms with E-state index in [4.69, 9.17) is 18.9 Å². The molecule has 9 N–H and O–H groups in total. The van der Waals surface area contributed by atoms with Crippen molar-refractivity contribution < 1.29 is 74.5 Å². The zero-order chi connectivity index (χ0) is 30.6. The van der Waals surface area contributed by atoms with Crippen LogP contribution in [-0.4, -0.2) is 132 Å². The second-order valence-corrected chi connectivity index (χ2v) is 10.3. The van der Waals surface area contributed by atoms with Gasteiger partial charge in [-0.05, 0) is 30.7 Å². The van der Waals surface area contributed by atoms with Crippen LogP contribution >= 0.6 is 0 Å². The Morgan fingerprint density at radius 2 is 1.21 bits per heavy atom. The van der Waals surface area contributed by atoms with E-state index < -0.39 is 103 Å². The Labute approximate surface area is 237 Å². The number of aliphatic hydroxyl groups excluding tert-OH is 7. The molecule has 2 saturated heterocycles. The first-order valence-corrected chi connectivity index (χ1v) is 12.9. The predicted octanol–water partition coefficient (Wildman–Crippen LogP) is -2.82. The normalized spacial score (nSPS) is 34.6. The van der Waals surface area contributed by atoms with Crippen molar-refractivity contribution in [2.75, 3.05) is 13.2 Å². The third-order valence-electron chi connectivity index (χ3n) is 7.65. The minimum absolute atomic E-state index is 0.138. The first kappa shape index (κ1) is 30.2. The molecule has 0 radical (unpaired) electrons. The number of benzene rings is 2. The number of ether oxygens (including phenoxy) is 4. The van der Waals surface area contributed by atoms with Crippen LogP contribution in [0.15, 0.2) is 24.3 Å². The van der Waals surface area contributed by atoms with Crippen LogP contribution in [-0.2, 0) is 14.2 Å². The van der Waals surface area contributed by atoms with Gasteiger partial charge in [-0.1, -0.05) is 6.07 Å². The molecule has 42 heavy (non-hydrogen) atoms. The maximum absolute atomic E-state index is 13.2. The highest BCUT2D eigenvalue weighted by Crippen LogP contribution is 2.42. The van der Waals surface area contributed by atoms with Gasteiger partial charge in [0.2, 0.25) is 6.29 Å². The number of ketones is 2. The first-order chi connectivity index (χ1) is 19.9. The zero-order valence-electron chi connectivity index (χ0n) is 22.0. The summed E-state index contributed by atoms with van der Waals surface area (Å²) in [7, 11) is 0. The van der Waals surface area contributed by atoms with Crippen LogP contribution in [0.1, 0.15) is 37.4 Å². The SMILES string of the molecule is Cc1ccc2c(c1O)C(=O)c1ccc(O[C@H]3O[C@H](CO[C@H]4O[C@@H](CO)[C@H](O)[C@@H](O)[C@@H]4O)[C@@H](O)[C@H](O)[C@H]3O)c(O)c1C2=O. The van der Waals surface area contributed by atoms with E-state index in [1.807, 2.05) is 0 Å². The lowest BCUT2D eigenvalue weighted by Gasteiger charge is -2.42. The highest BCUT2D eigenvalue weighted by Gasteiger charge is 2.48. The van der Waals surface area contributed by atoms with Crippen molar-refractivity contribution in [3.63, 3.8) is 0 Å². The highest BCUT2D eigenvalue weighted by atomic mass is 16.7. The fourth-order valence-corrected chi connectivity index (χ4v) is 5.14. The molecule has 0 spiro atoms. The van der Waals surface area contributed by atoms with Gasteiger partial charge in [-0.3, -0.25) is 9.59 Å². The summed E-state index contributed by atoms with van der Waals surface area (Å²) in [6.07, 6.45) is -16.7. The molecule has 3 aliphatic rings. The lowest BCUT2D eigenvalue weighted by atomic mass is 9.82. The lowest BCUT2D eigenvalue weighted by molar-refractivity contribution is -0.323. The Kier molecular flexibility index (Phi) is 8.25. The van der Waals surface area contributed by atoms with Gasteiger partial charge in [-0.2, -0.15) is 0 Å². The van der Waals surface area contributed by atoms with Crippen molar-refractivity contribution in [1.29, 1.82) is 0 Å². The van der Waals surface area contributed by atoms with Gasteiger partial charge in [0.1, 0.15) is 54.6 Å². The molecule has 2 aliphatic heterocycles. The maximum atomic E-state index is 13.2. The standard InChI is InChI=1S/C27H30O15/c1-8-2-3-9-14(16(8)29)17(30)10-4-5-11(19(32)15(10)18(9)31)40-27-25(38)23(36)21(34)13(42-27)7-39-26-24(37)22(35)20(33)12(6-28)41-26/h2-5,12-13,20-29,32-38H,6-7H2,1H3/t12-,13+,20-,21+,22+,23-,24-,25+,26-,27-/m0/s1. The smallest absolute Gasteiger partial charge is 0.229 e. The van der Waals surface area contributed by atoms with Crippen LogP contribution in [0.5, 0.6) is 17.2 Å². The Balaban J connectivity index is 1.35. The van der Waals surface area contributed by atoms with Crippen molar-refractivity contribution in [2.45, 2.75) is 68.3 Å².